The summed E-state index contributed by atoms with van der Waals surface area (Å²) in [5.41, 5.74) is 2.36. The second-order valence-electron chi connectivity index (χ2n) is 11.7. The number of hydrogen-bond acceptors (Lipinski definition) is 4. The molecule has 0 unspecified atom stereocenters. The first-order valence-electron chi connectivity index (χ1n) is 12.0. The normalized spacial score (nSPS) is 38.5. The topological polar surface area (TPSA) is 72.5 Å². The summed E-state index contributed by atoms with van der Waals surface area (Å²) in [6.07, 6.45) is 12.2. The van der Waals surface area contributed by atoms with Crippen LogP contribution < -0.4 is 5.32 Å². The number of methoxy groups -OCH3 is 1. The van der Waals surface area contributed by atoms with Gasteiger partial charge in [0.15, 0.2) is 9.84 Å². The van der Waals surface area contributed by atoms with Gasteiger partial charge in [-0.25, -0.2) is 8.42 Å². The fourth-order valence-corrected chi connectivity index (χ4v) is 8.81. The van der Waals surface area contributed by atoms with Crippen molar-refractivity contribution in [3.05, 3.63) is 34.1 Å². The SMILES string of the molecule is COC1=CC2=CC[C@@H]3[C@H](CC[C@]4(C)C(=C(NC=O)S(=O)(=O)C(C)(C)C)CC[C@@H]34)[C@@]2(C)CC1. The van der Waals surface area contributed by atoms with Gasteiger partial charge in [0.05, 0.1) is 17.6 Å². The summed E-state index contributed by atoms with van der Waals surface area (Å²) in [4.78, 5) is 11.5. The van der Waals surface area contributed by atoms with Crippen LogP contribution in [-0.2, 0) is 19.4 Å². The van der Waals surface area contributed by atoms with Gasteiger partial charge in [0.25, 0.3) is 0 Å². The average Bonchev–Trinajstić information content (AvgIpc) is 3.07. The summed E-state index contributed by atoms with van der Waals surface area (Å²) in [5, 5.41) is 2.82. The molecule has 1 amide bonds. The van der Waals surface area contributed by atoms with Crippen molar-refractivity contribution in [3.8, 4) is 0 Å². The van der Waals surface area contributed by atoms with Crippen LogP contribution in [-0.4, -0.2) is 26.7 Å². The predicted octanol–water partition coefficient (Wildman–Crippen LogP) is 5.26. The van der Waals surface area contributed by atoms with Gasteiger partial charge in [-0.1, -0.05) is 19.9 Å². The molecule has 178 valence electrons. The highest BCUT2D eigenvalue weighted by Gasteiger charge is 2.58. The third-order valence-corrected chi connectivity index (χ3v) is 11.8. The Balaban J connectivity index is 1.75. The molecular formula is C26H39NO4S. The van der Waals surface area contributed by atoms with Gasteiger partial charge in [0.2, 0.25) is 6.41 Å². The lowest BCUT2D eigenvalue weighted by molar-refractivity contribution is -0.108. The third kappa shape index (κ3) is 3.31. The average molecular weight is 462 g/mol. The van der Waals surface area contributed by atoms with E-state index in [1.54, 1.807) is 27.9 Å². The molecule has 5 nitrogen and oxygen atoms in total. The molecule has 0 aliphatic heterocycles. The summed E-state index contributed by atoms with van der Waals surface area (Å²) in [7, 11) is -1.88. The van der Waals surface area contributed by atoms with Crippen LogP contribution in [0.5, 0.6) is 0 Å². The van der Waals surface area contributed by atoms with E-state index in [-0.39, 0.29) is 15.9 Å². The third-order valence-electron chi connectivity index (χ3n) is 9.32. The monoisotopic (exact) mass is 461 g/mol. The van der Waals surface area contributed by atoms with Gasteiger partial charge in [0.1, 0.15) is 5.03 Å². The smallest absolute Gasteiger partial charge is 0.212 e. The minimum absolute atomic E-state index is 0.167. The van der Waals surface area contributed by atoms with Gasteiger partial charge in [-0.2, -0.15) is 0 Å². The molecule has 4 rings (SSSR count). The zero-order valence-corrected chi connectivity index (χ0v) is 21.3. The molecule has 4 aliphatic rings. The number of ether oxygens (including phenoxy) is 1. The van der Waals surface area contributed by atoms with Crippen LogP contribution in [0.3, 0.4) is 0 Å². The molecule has 0 aromatic heterocycles. The van der Waals surface area contributed by atoms with E-state index in [2.05, 4.69) is 31.3 Å². The zero-order valence-electron chi connectivity index (χ0n) is 20.5. The fraction of sp³-hybridized carbons (Fsp3) is 0.731. The first kappa shape index (κ1) is 23.6. The second kappa shape index (κ2) is 7.75. The number of amides is 1. The molecule has 4 aliphatic carbocycles. The molecule has 6 heteroatoms. The molecule has 2 fully saturated rings. The van der Waals surface area contributed by atoms with Crippen LogP contribution in [0.25, 0.3) is 0 Å². The van der Waals surface area contributed by atoms with E-state index in [1.165, 1.54) is 5.57 Å². The van der Waals surface area contributed by atoms with Crippen molar-refractivity contribution in [1.82, 2.24) is 5.32 Å². The Hall–Kier alpha value is -1.56. The highest BCUT2D eigenvalue weighted by molar-refractivity contribution is 7.96. The van der Waals surface area contributed by atoms with Crippen molar-refractivity contribution in [2.45, 2.75) is 84.3 Å². The Morgan fingerprint density at radius 3 is 2.44 bits per heavy atom. The number of carbonyl (C=O) groups is 1. The molecule has 0 saturated heterocycles. The molecule has 0 aromatic carbocycles. The maximum absolute atomic E-state index is 13.4. The lowest BCUT2D eigenvalue weighted by Gasteiger charge is -2.56. The van der Waals surface area contributed by atoms with Gasteiger partial charge in [-0.15, -0.1) is 0 Å². The van der Waals surface area contributed by atoms with E-state index in [9.17, 15) is 13.2 Å². The Morgan fingerprint density at radius 1 is 1.12 bits per heavy atom. The van der Waals surface area contributed by atoms with Crippen molar-refractivity contribution >= 4 is 16.2 Å². The van der Waals surface area contributed by atoms with Crippen molar-refractivity contribution in [1.29, 1.82) is 0 Å². The second-order valence-corrected chi connectivity index (χ2v) is 14.3. The van der Waals surface area contributed by atoms with Crippen molar-refractivity contribution in [3.63, 3.8) is 0 Å². The first-order valence-corrected chi connectivity index (χ1v) is 13.5. The van der Waals surface area contributed by atoms with E-state index in [0.29, 0.717) is 24.2 Å². The minimum atomic E-state index is -3.64. The minimum Gasteiger partial charge on any atom is -0.501 e. The number of fused-ring (bicyclic) bond motifs is 5. The summed E-state index contributed by atoms with van der Waals surface area (Å²) < 4.78 is 31.4. The van der Waals surface area contributed by atoms with Crippen LogP contribution in [0.15, 0.2) is 34.1 Å². The number of sulfone groups is 1. The van der Waals surface area contributed by atoms with E-state index >= 15 is 0 Å². The Kier molecular flexibility index (Phi) is 5.71. The van der Waals surface area contributed by atoms with E-state index in [4.69, 9.17) is 4.74 Å². The van der Waals surface area contributed by atoms with Gasteiger partial charge in [-0.3, -0.25) is 4.79 Å². The molecule has 32 heavy (non-hydrogen) atoms. The Labute approximate surface area is 193 Å². The van der Waals surface area contributed by atoms with Crippen molar-refractivity contribution < 1.29 is 17.9 Å². The van der Waals surface area contributed by atoms with Crippen LogP contribution in [0.2, 0.25) is 0 Å². The molecule has 0 aromatic rings. The molecule has 0 heterocycles. The summed E-state index contributed by atoms with van der Waals surface area (Å²) in [6, 6.07) is 0. The number of allylic oxidation sites excluding steroid dienone is 5. The lowest BCUT2D eigenvalue weighted by atomic mass is 9.48. The largest absolute Gasteiger partial charge is 0.501 e. The van der Waals surface area contributed by atoms with Crippen LogP contribution >= 0.6 is 0 Å². The summed E-state index contributed by atoms with van der Waals surface area (Å²) >= 11 is 0. The highest BCUT2D eigenvalue weighted by atomic mass is 32.2. The van der Waals surface area contributed by atoms with Gasteiger partial charge < -0.3 is 10.1 Å². The summed E-state index contributed by atoms with van der Waals surface area (Å²) in [6.45, 7) is 9.81. The number of carbonyl (C=O) groups excluding carboxylic acids is 1. The molecule has 0 bridgehead atoms. The lowest BCUT2D eigenvalue weighted by Crippen LogP contribution is -2.48. The number of nitrogens with one attached hydrogen (secondary N) is 1. The van der Waals surface area contributed by atoms with Crippen molar-refractivity contribution in [2.75, 3.05) is 7.11 Å². The number of hydrogen-bond donors (Lipinski definition) is 1. The molecule has 2 saturated carbocycles. The maximum Gasteiger partial charge on any atom is 0.212 e. The van der Waals surface area contributed by atoms with Crippen LogP contribution in [0.1, 0.15) is 79.6 Å². The Morgan fingerprint density at radius 2 is 1.81 bits per heavy atom. The zero-order chi connectivity index (χ0) is 23.5. The maximum atomic E-state index is 13.4. The quantitative estimate of drug-likeness (QED) is 0.580. The fourth-order valence-electron chi connectivity index (χ4n) is 7.33. The molecular weight excluding hydrogens is 422 g/mol. The number of rotatable bonds is 4. The highest BCUT2D eigenvalue weighted by Crippen LogP contribution is 2.66. The molecule has 0 spiro atoms. The van der Waals surface area contributed by atoms with Gasteiger partial charge in [-0.05, 0) is 105 Å². The van der Waals surface area contributed by atoms with Gasteiger partial charge >= 0.3 is 0 Å². The standard InChI is InChI=1S/C26H39NO4S/c1-24(2,3)32(29,30)23(27-16-28)22-10-9-20-19-8-7-17-15-18(31-6)11-13-25(17,4)21(19)12-14-26(20,22)5/h7,15-16,19-21H,8-14H2,1-6H3,(H,27,28)/t19-,20-,21-,25-,26-/m0/s1. The van der Waals surface area contributed by atoms with Gasteiger partial charge in [0, 0.05) is 6.42 Å². The van der Waals surface area contributed by atoms with E-state index in [0.717, 1.165) is 56.3 Å². The summed E-state index contributed by atoms with van der Waals surface area (Å²) in [5.74, 6) is 2.68. The molecule has 0 radical (unpaired) electrons. The molecule has 5 atom stereocenters. The van der Waals surface area contributed by atoms with Crippen LogP contribution in [0, 0.1) is 28.6 Å². The van der Waals surface area contributed by atoms with E-state index in [1.807, 2.05) is 0 Å². The van der Waals surface area contributed by atoms with Crippen molar-refractivity contribution in [2.24, 2.45) is 28.6 Å². The Bertz CT molecular complexity index is 999. The van der Waals surface area contributed by atoms with E-state index < -0.39 is 14.6 Å². The predicted molar refractivity (Wildman–Crippen MR) is 127 cm³/mol. The molecule has 1 N–H and O–H groups in total. The van der Waals surface area contributed by atoms with Crippen LogP contribution in [0.4, 0.5) is 0 Å². The first-order chi connectivity index (χ1) is 14.9.